The molecule has 3 nitrogen and oxygen atoms in total. The van der Waals surface area contributed by atoms with E-state index in [4.69, 9.17) is 9.47 Å². The van der Waals surface area contributed by atoms with Gasteiger partial charge in [-0.2, -0.15) is 0 Å². The topological polar surface area (TPSA) is 38.7 Å². The summed E-state index contributed by atoms with van der Waals surface area (Å²) in [6, 6.07) is 4.24. The van der Waals surface area contributed by atoms with Crippen LogP contribution in [-0.4, -0.2) is 24.9 Å². The van der Waals surface area contributed by atoms with E-state index in [0.29, 0.717) is 24.3 Å². The second kappa shape index (κ2) is 5.02. The van der Waals surface area contributed by atoms with Crippen LogP contribution in [0.25, 0.3) is 0 Å². The van der Waals surface area contributed by atoms with Crippen molar-refractivity contribution in [3.63, 3.8) is 0 Å². The summed E-state index contributed by atoms with van der Waals surface area (Å²) in [5.74, 6) is 0.249. The van der Waals surface area contributed by atoms with Gasteiger partial charge >= 0.3 is 0 Å². The zero-order valence-corrected chi connectivity index (χ0v) is 10.0. The van der Waals surface area contributed by atoms with Gasteiger partial charge < -0.3 is 14.6 Å². The average molecular weight is 240 g/mol. The van der Waals surface area contributed by atoms with Crippen molar-refractivity contribution < 1.29 is 19.0 Å². The number of fused-ring (bicyclic) bond motifs is 1. The minimum absolute atomic E-state index is 0.140. The number of aliphatic hydroxyl groups is 1. The van der Waals surface area contributed by atoms with Gasteiger partial charge in [-0.05, 0) is 12.1 Å². The first-order valence-corrected chi connectivity index (χ1v) is 5.75. The van der Waals surface area contributed by atoms with Gasteiger partial charge in [0.15, 0.2) is 0 Å². The van der Waals surface area contributed by atoms with Gasteiger partial charge in [0.05, 0.1) is 12.7 Å². The Hall–Kier alpha value is -1.13. The van der Waals surface area contributed by atoms with Crippen molar-refractivity contribution in [3.05, 3.63) is 29.6 Å². The number of hydrogen-bond donors (Lipinski definition) is 1. The van der Waals surface area contributed by atoms with Crippen LogP contribution in [0.2, 0.25) is 0 Å². The minimum Gasteiger partial charge on any atom is -0.489 e. The molecule has 0 saturated heterocycles. The molecule has 0 bridgehead atoms. The highest BCUT2D eigenvalue weighted by atomic mass is 19.1. The molecule has 0 aromatic heterocycles. The van der Waals surface area contributed by atoms with E-state index in [-0.39, 0.29) is 17.8 Å². The maximum atomic E-state index is 13.1. The largest absolute Gasteiger partial charge is 0.489 e. The smallest absolute Gasteiger partial charge is 0.128 e. The monoisotopic (exact) mass is 240 g/mol. The normalized spacial score (nSPS) is 24.9. The van der Waals surface area contributed by atoms with Crippen LogP contribution >= 0.6 is 0 Å². The average Bonchev–Trinajstić information content (AvgIpc) is 2.28. The van der Waals surface area contributed by atoms with Crippen molar-refractivity contribution in [1.82, 2.24) is 0 Å². The molecule has 1 heterocycles. The maximum absolute atomic E-state index is 13.1. The lowest BCUT2D eigenvalue weighted by Gasteiger charge is -2.32. The van der Waals surface area contributed by atoms with Gasteiger partial charge in [0.2, 0.25) is 0 Å². The molecule has 2 unspecified atom stereocenters. The summed E-state index contributed by atoms with van der Waals surface area (Å²) in [4.78, 5) is 0. The van der Waals surface area contributed by atoms with Gasteiger partial charge in [-0.25, -0.2) is 4.39 Å². The van der Waals surface area contributed by atoms with Crippen LogP contribution in [0.5, 0.6) is 5.75 Å². The third-order valence-corrected chi connectivity index (χ3v) is 3.13. The van der Waals surface area contributed by atoms with E-state index in [0.717, 1.165) is 0 Å². The summed E-state index contributed by atoms with van der Waals surface area (Å²) in [6.07, 6.45) is -0.216. The van der Waals surface area contributed by atoms with Crippen LogP contribution in [0.4, 0.5) is 4.39 Å². The van der Waals surface area contributed by atoms with Gasteiger partial charge in [0.25, 0.3) is 0 Å². The quantitative estimate of drug-likeness (QED) is 0.881. The van der Waals surface area contributed by atoms with Crippen LogP contribution in [0.1, 0.15) is 25.0 Å². The molecule has 0 fully saturated rings. The molecule has 0 aliphatic carbocycles. The van der Waals surface area contributed by atoms with Crippen LogP contribution < -0.4 is 4.74 Å². The number of hydrogen-bond acceptors (Lipinski definition) is 3. The lowest BCUT2D eigenvalue weighted by molar-refractivity contribution is 0.0134. The lowest BCUT2D eigenvalue weighted by Crippen LogP contribution is -2.33. The van der Waals surface area contributed by atoms with Gasteiger partial charge in [-0.1, -0.05) is 6.92 Å². The van der Waals surface area contributed by atoms with Gasteiger partial charge in [0, 0.05) is 31.1 Å². The van der Waals surface area contributed by atoms with Crippen LogP contribution in [0, 0.1) is 11.7 Å². The molecule has 1 aromatic carbocycles. The molecule has 0 amide bonds. The predicted molar refractivity (Wildman–Crippen MR) is 61.4 cm³/mol. The SMILES string of the molecule is COCC(C)C1C[C@@H](O)c2ccc(F)cc2O1. The molecule has 3 atom stereocenters. The molecule has 0 spiro atoms. The highest BCUT2D eigenvalue weighted by Crippen LogP contribution is 2.37. The summed E-state index contributed by atoms with van der Waals surface area (Å²) < 4.78 is 23.9. The first-order chi connectivity index (χ1) is 8.11. The van der Waals surface area contributed by atoms with E-state index < -0.39 is 6.10 Å². The Morgan fingerprint density at radius 3 is 3.06 bits per heavy atom. The minimum atomic E-state index is -0.594. The van der Waals surface area contributed by atoms with Crippen molar-refractivity contribution in [2.45, 2.75) is 25.6 Å². The number of methoxy groups -OCH3 is 1. The lowest BCUT2D eigenvalue weighted by atomic mass is 9.93. The van der Waals surface area contributed by atoms with E-state index in [1.54, 1.807) is 13.2 Å². The van der Waals surface area contributed by atoms with Crippen LogP contribution in [0.15, 0.2) is 18.2 Å². The Balaban J connectivity index is 2.19. The zero-order chi connectivity index (χ0) is 12.4. The van der Waals surface area contributed by atoms with Crippen molar-refractivity contribution in [3.8, 4) is 5.75 Å². The van der Waals surface area contributed by atoms with Gasteiger partial charge in [0.1, 0.15) is 17.7 Å². The van der Waals surface area contributed by atoms with Gasteiger partial charge in [-0.3, -0.25) is 0 Å². The zero-order valence-electron chi connectivity index (χ0n) is 10.0. The Morgan fingerprint density at radius 1 is 1.59 bits per heavy atom. The fraction of sp³-hybridized carbons (Fsp3) is 0.538. The van der Waals surface area contributed by atoms with E-state index >= 15 is 0 Å². The summed E-state index contributed by atoms with van der Waals surface area (Å²) in [5.41, 5.74) is 0.660. The molecule has 0 radical (unpaired) electrons. The molecule has 4 heteroatoms. The first-order valence-electron chi connectivity index (χ1n) is 5.75. The summed E-state index contributed by atoms with van der Waals surface area (Å²) in [5, 5.41) is 10.00. The van der Waals surface area contributed by atoms with E-state index in [1.165, 1.54) is 12.1 Å². The van der Waals surface area contributed by atoms with Crippen molar-refractivity contribution >= 4 is 0 Å². The van der Waals surface area contributed by atoms with Crippen molar-refractivity contribution in [2.24, 2.45) is 5.92 Å². The maximum Gasteiger partial charge on any atom is 0.128 e. The number of aliphatic hydroxyl groups excluding tert-OH is 1. The van der Waals surface area contributed by atoms with Crippen LogP contribution in [0.3, 0.4) is 0 Å². The van der Waals surface area contributed by atoms with E-state index in [9.17, 15) is 9.50 Å². The predicted octanol–water partition coefficient (Wildman–Crippen LogP) is 2.29. The molecule has 17 heavy (non-hydrogen) atoms. The second-order valence-corrected chi connectivity index (χ2v) is 4.52. The molecule has 1 aliphatic rings. The molecule has 1 aromatic rings. The molecular formula is C13H17FO3. The van der Waals surface area contributed by atoms with Crippen molar-refractivity contribution in [1.29, 1.82) is 0 Å². The van der Waals surface area contributed by atoms with Gasteiger partial charge in [-0.15, -0.1) is 0 Å². The number of rotatable bonds is 3. The molecule has 2 rings (SSSR count). The summed E-state index contributed by atoms with van der Waals surface area (Å²) >= 11 is 0. The number of benzene rings is 1. The Labute approximate surface area is 100 Å². The Kier molecular flexibility index (Phi) is 3.64. The fourth-order valence-corrected chi connectivity index (χ4v) is 2.16. The Morgan fingerprint density at radius 2 is 2.35 bits per heavy atom. The summed E-state index contributed by atoms with van der Waals surface area (Å²) in [7, 11) is 1.63. The fourth-order valence-electron chi connectivity index (χ4n) is 2.16. The molecule has 1 aliphatic heterocycles. The standard InChI is InChI=1S/C13H17FO3/c1-8(7-16-2)12-6-11(15)10-4-3-9(14)5-13(10)17-12/h3-5,8,11-12,15H,6-7H2,1-2H3/t8?,11-,12?/m1/s1. The third kappa shape index (κ3) is 2.58. The number of halogens is 1. The van der Waals surface area contributed by atoms with Crippen LogP contribution in [-0.2, 0) is 4.74 Å². The highest BCUT2D eigenvalue weighted by Gasteiger charge is 2.30. The first kappa shape index (κ1) is 12.3. The van der Waals surface area contributed by atoms with E-state index in [1.807, 2.05) is 6.92 Å². The molecule has 0 saturated carbocycles. The number of ether oxygens (including phenoxy) is 2. The summed E-state index contributed by atoms with van der Waals surface area (Å²) in [6.45, 7) is 2.55. The molecule has 1 N–H and O–H groups in total. The second-order valence-electron chi connectivity index (χ2n) is 4.52. The molecular weight excluding hydrogens is 223 g/mol. The highest BCUT2D eigenvalue weighted by molar-refractivity contribution is 5.37. The third-order valence-electron chi connectivity index (χ3n) is 3.13. The van der Waals surface area contributed by atoms with Crippen molar-refractivity contribution in [2.75, 3.05) is 13.7 Å². The van der Waals surface area contributed by atoms with E-state index in [2.05, 4.69) is 0 Å². The Bertz CT molecular complexity index is 394. The molecule has 94 valence electrons.